The molecule has 0 aromatic carbocycles. The van der Waals surface area contributed by atoms with Crippen LogP contribution >= 0.6 is 34.3 Å². The summed E-state index contributed by atoms with van der Waals surface area (Å²) in [6, 6.07) is 6.23. The summed E-state index contributed by atoms with van der Waals surface area (Å²) < 4.78 is 1.10. The smallest absolute Gasteiger partial charge is 0.131 e. The second-order valence-corrected chi connectivity index (χ2v) is 10.2. The van der Waals surface area contributed by atoms with Gasteiger partial charge < -0.3 is 15.7 Å². The van der Waals surface area contributed by atoms with Gasteiger partial charge in [-0.2, -0.15) is 0 Å². The molecule has 0 saturated heterocycles. The van der Waals surface area contributed by atoms with Gasteiger partial charge in [-0.25, -0.2) is 4.98 Å². The lowest BCUT2D eigenvalue weighted by atomic mass is 9.87. The molecular formula is C24H26ClN3OS2. The van der Waals surface area contributed by atoms with Crippen molar-refractivity contribution in [3.05, 3.63) is 56.2 Å². The van der Waals surface area contributed by atoms with Crippen LogP contribution in [0.5, 0.6) is 0 Å². The number of rotatable bonds is 6. The molecule has 1 aliphatic carbocycles. The zero-order valence-electron chi connectivity index (χ0n) is 17.5. The highest BCUT2D eigenvalue weighted by Crippen LogP contribution is 2.44. The number of thiophene rings is 2. The van der Waals surface area contributed by atoms with Crippen LogP contribution in [0.25, 0.3) is 10.2 Å². The summed E-state index contributed by atoms with van der Waals surface area (Å²) in [6.45, 7) is 0.954. The second kappa shape index (κ2) is 10.2. The molecule has 0 radical (unpaired) electrons. The highest BCUT2D eigenvalue weighted by molar-refractivity contribution is 7.20. The second-order valence-electron chi connectivity index (χ2n) is 7.76. The van der Waals surface area contributed by atoms with E-state index >= 15 is 0 Å². The summed E-state index contributed by atoms with van der Waals surface area (Å²) in [6.07, 6.45) is 7.47. The fourth-order valence-corrected chi connectivity index (χ4v) is 6.28. The maximum atomic E-state index is 9.10. The third-order valence-corrected chi connectivity index (χ3v) is 7.88. The number of aromatic nitrogens is 1. The van der Waals surface area contributed by atoms with Crippen molar-refractivity contribution in [1.82, 2.24) is 4.98 Å². The van der Waals surface area contributed by atoms with Gasteiger partial charge in [0.1, 0.15) is 10.7 Å². The van der Waals surface area contributed by atoms with Crippen molar-refractivity contribution in [1.29, 1.82) is 0 Å². The fourth-order valence-electron chi connectivity index (χ4n) is 3.88. The maximum Gasteiger partial charge on any atom is 0.131 e. The highest BCUT2D eigenvalue weighted by atomic mass is 35.5. The molecule has 0 aliphatic heterocycles. The molecule has 3 N–H and O–H groups in total. The zero-order valence-corrected chi connectivity index (χ0v) is 19.9. The first-order valence-electron chi connectivity index (χ1n) is 10.4. The van der Waals surface area contributed by atoms with E-state index in [2.05, 4.69) is 53.5 Å². The minimum atomic E-state index is 0.0684. The van der Waals surface area contributed by atoms with E-state index in [9.17, 15) is 0 Å². The standard InChI is InChI=1S/C24H26ClN3OS2/c1-28(15-16-8-7-13-30-16)20-14-21(25)27-22-18(10-3-2-6-12-29)23(31-24(20)22)17-9-4-5-11-19(17)26/h4-5,7-8,13-14,17,19,29H,2,6,9,11-12,15,26H2,1H3/t17-,19-/m0/s1. The monoisotopic (exact) mass is 471 g/mol. The van der Waals surface area contributed by atoms with Crippen LogP contribution in [0.2, 0.25) is 5.15 Å². The predicted octanol–water partition coefficient (Wildman–Crippen LogP) is 5.53. The van der Waals surface area contributed by atoms with Crippen LogP contribution < -0.4 is 10.6 Å². The van der Waals surface area contributed by atoms with Crippen molar-refractivity contribution in [2.45, 2.75) is 44.2 Å². The Bertz CT molecular complexity index is 1130. The van der Waals surface area contributed by atoms with E-state index in [1.165, 1.54) is 9.75 Å². The van der Waals surface area contributed by atoms with Crippen LogP contribution in [0.15, 0.2) is 35.7 Å². The third-order valence-electron chi connectivity index (χ3n) is 5.49. The topological polar surface area (TPSA) is 62.4 Å². The number of aliphatic hydroxyl groups is 1. The summed E-state index contributed by atoms with van der Waals surface area (Å²) in [5, 5.41) is 11.7. The van der Waals surface area contributed by atoms with Crippen molar-refractivity contribution in [3.8, 4) is 11.8 Å². The Kier molecular flexibility index (Phi) is 7.31. The number of nitrogens with zero attached hydrogens (tertiary/aromatic N) is 2. The molecule has 7 heteroatoms. The molecule has 4 rings (SSSR count). The molecule has 4 nitrogen and oxygen atoms in total. The normalized spacial score (nSPS) is 18.2. The van der Waals surface area contributed by atoms with E-state index in [1.807, 2.05) is 6.07 Å². The third kappa shape index (κ3) is 4.97. The Labute approximate surface area is 196 Å². The first-order valence-corrected chi connectivity index (χ1v) is 12.5. The van der Waals surface area contributed by atoms with Gasteiger partial charge in [-0.1, -0.05) is 41.7 Å². The summed E-state index contributed by atoms with van der Waals surface area (Å²) in [4.78, 5) is 9.42. The van der Waals surface area contributed by atoms with Crippen molar-refractivity contribution < 1.29 is 5.11 Å². The average molecular weight is 472 g/mol. The van der Waals surface area contributed by atoms with Crippen molar-refractivity contribution in [2.75, 3.05) is 18.6 Å². The van der Waals surface area contributed by atoms with Crippen LogP contribution in [-0.4, -0.2) is 29.8 Å². The van der Waals surface area contributed by atoms with Gasteiger partial charge in [-0.05, 0) is 30.7 Å². The van der Waals surface area contributed by atoms with Gasteiger partial charge >= 0.3 is 0 Å². The number of pyridine rings is 1. The van der Waals surface area contributed by atoms with Gasteiger partial charge in [0.05, 0.1) is 22.5 Å². The van der Waals surface area contributed by atoms with E-state index in [0.717, 1.165) is 40.9 Å². The number of anilines is 1. The van der Waals surface area contributed by atoms with Gasteiger partial charge in [-0.15, -0.1) is 22.7 Å². The van der Waals surface area contributed by atoms with Gasteiger partial charge in [-0.3, -0.25) is 0 Å². The zero-order chi connectivity index (χ0) is 21.8. The summed E-state index contributed by atoms with van der Waals surface area (Å²) in [5.74, 6) is 6.81. The van der Waals surface area contributed by atoms with Crippen molar-refractivity contribution in [3.63, 3.8) is 0 Å². The number of hydrogen-bond donors (Lipinski definition) is 2. The molecule has 0 spiro atoms. The van der Waals surface area contributed by atoms with Crippen molar-refractivity contribution in [2.24, 2.45) is 5.73 Å². The van der Waals surface area contributed by atoms with Crippen LogP contribution in [0, 0.1) is 11.8 Å². The van der Waals surface area contributed by atoms with Crippen LogP contribution in [-0.2, 0) is 6.54 Å². The molecule has 31 heavy (non-hydrogen) atoms. The molecule has 2 atom stereocenters. The number of halogens is 1. The Morgan fingerprint density at radius 2 is 2.19 bits per heavy atom. The Hall–Kier alpha value is -1.88. The van der Waals surface area contributed by atoms with Gasteiger partial charge in [0.25, 0.3) is 0 Å². The number of unbranched alkanes of at least 4 members (excludes halogenated alkanes) is 1. The minimum Gasteiger partial charge on any atom is -0.396 e. The Morgan fingerprint density at radius 3 is 2.94 bits per heavy atom. The molecule has 0 saturated carbocycles. The predicted molar refractivity (Wildman–Crippen MR) is 133 cm³/mol. The Morgan fingerprint density at radius 1 is 1.35 bits per heavy atom. The summed E-state index contributed by atoms with van der Waals surface area (Å²) in [7, 11) is 2.09. The van der Waals surface area contributed by atoms with E-state index < -0.39 is 0 Å². The quantitative estimate of drug-likeness (QED) is 0.214. The molecule has 3 aromatic rings. The fraction of sp³-hybridized carbons (Fsp3) is 0.375. The van der Waals surface area contributed by atoms with Crippen molar-refractivity contribution >= 4 is 50.2 Å². The molecule has 3 aromatic heterocycles. The number of fused-ring (bicyclic) bond motifs is 1. The van der Waals surface area contributed by atoms with E-state index in [1.54, 1.807) is 22.7 Å². The molecule has 3 heterocycles. The van der Waals surface area contributed by atoms with Gasteiger partial charge in [0, 0.05) is 47.9 Å². The molecule has 0 bridgehead atoms. The summed E-state index contributed by atoms with van der Waals surface area (Å²) >= 11 is 9.98. The number of nitrogens with two attached hydrogens (primary N) is 1. The molecule has 162 valence electrons. The van der Waals surface area contributed by atoms with E-state index in [0.29, 0.717) is 18.0 Å². The molecule has 0 amide bonds. The first-order chi connectivity index (χ1) is 15.1. The SMILES string of the molecule is CN(Cc1cccs1)c1cc(Cl)nc2c(C#CCCCO)c([C@H]3CC=CC[C@@H]3N)sc12. The highest BCUT2D eigenvalue weighted by Gasteiger charge is 2.28. The molecule has 0 fully saturated rings. The van der Waals surface area contributed by atoms with Crippen LogP contribution in [0.4, 0.5) is 5.69 Å². The Balaban J connectivity index is 1.83. The first kappa shape index (κ1) is 22.3. The van der Waals surface area contributed by atoms with Crippen LogP contribution in [0.3, 0.4) is 0 Å². The number of allylic oxidation sites excluding steroid dienone is 1. The number of aliphatic hydroxyl groups excluding tert-OH is 1. The molecule has 1 aliphatic rings. The largest absolute Gasteiger partial charge is 0.396 e. The lowest BCUT2D eigenvalue weighted by molar-refractivity contribution is 0.290. The minimum absolute atomic E-state index is 0.0684. The lowest BCUT2D eigenvalue weighted by Gasteiger charge is -2.24. The number of hydrogen-bond acceptors (Lipinski definition) is 6. The molecular weight excluding hydrogens is 446 g/mol. The average Bonchev–Trinajstić information content (AvgIpc) is 3.39. The molecule has 0 unspecified atom stereocenters. The van der Waals surface area contributed by atoms with Gasteiger partial charge in [0.15, 0.2) is 0 Å². The van der Waals surface area contributed by atoms with E-state index in [-0.39, 0.29) is 18.6 Å². The van der Waals surface area contributed by atoms with Gasteiger partial charge in [0.2, 0.25) is 0 Å². The lowest BCUT2D eigenvalue weighted by Crippen LogP contribution is -2.29. The van der Waals surface area contributed by atoms with E-state index in [4.69, 9.17) is 27.4 Å². The van der Waals surface area contributed by atoms with Crippen LogP contribution in [0.1, 0.15) is 46.9 Å². The summed E-state index contributed by atoms with van der Waals surface area (Å²) in [5.41, 5.74) is 9.39. The maximum absolute atomic E-state index is 9.10.